The number of hydrogen-bond donors (Lipinski definition) is 0. The summed E-state index contributed by atoms with van der Waals surface area (Å²) < 4.78 is 0. The quantitative estimate of drug-likeness (QED) is 0.528. The third-order valence-corrected chi connectivity index (χ3v) is 1.28. The Morgan fingerprint density at radius 1 is 1.07 bits per heavy atom. The van der Waals surface area contributed by atoms with Crippen molar-refractivity contribution in [3.05, 3.63) is 42.5 Å². The van der Waals surface area contributed by atoms with Gasteiger partial charge in [0.15, 0.2) is 6.07 Å². The first kappa shape index (κ1) is 10.4. The molecule has 1 rings (SSSR count). The largest absolute Gasteiger partial charge is 0.383 e. The maximum absolute atomic E-state index is 10.3. The van der Waals surface area contributed by atoms with Crippen LogP contribution in [0.3, 0.4) is 0 Å². The van der Waals surface area contributed by atoms with E-state index < -0.39 is 32.1 Å². The van der Waals surface area contributed by atoms with Gasteiger partial charge in [-0.1, -0.05) is 0 Å². The highest BCUT2D eigenvalue weighted by Gasteiger charge is 2.23. The van der Waals surface area contributed by atoms with Crippen molar-refractivity contribution >= 4 is 17.3 Å². The van der Waals surface area contributed by atoms with Crippen LogP contribution in [0.2, 0.25) is 0 Å². The average Bonchev–Trinajstić information content (AvgIpc) is 2.16. The molecule has 1 heterocycles. The molecule has 0 aliphatic rings. The van der Waals surface area contributed by atoms with E-state index in [1.807, 2.05) is 0 Å². The topological polar surface area (TPSA) is 142 Å². The molecule has 0 fully saturated rings. The molecule has 0 N–H and O–H groups in total. The van der Waals surface area contributed by atoms with Gasteiger partial charge in [0.1, 0.15) is 6.07 Å². The Morgan fingerprint density at radius 3 is 2.07 bits per heavy atom. The molecule has 1 aromatic rings. The van der Waals surface area contributed by atoms with E-state index in [0.29, 0.717) is 6.07 Å². The Morgan fingerprint density at radius 2 is 1.67 bits per heavy atom. The van der Waals surface area contributed by atoms with Crippen molar-refractivity contribution in [2.24, 2.45) is 0 Å². The summed E-state index contributed by atoms with van der Waals surface area (Å²) in [6, 6.07) is 2.22. The molecule has 0 bridgehead atoms. The summed E-state index contributed by atoms with van der Waals surface area (Å²) in [7, 11) is 0. The highest BCUT2D eigenvalue weighted by molar-refractivity contribution is 5.42. The fourth-order valence-electron chi connectivity index (χ4n) is 0.720. The minimum atomic E-state index is -1.10. The smallest absolute Gasteiger partial charge is 0.358 e. The Labute approximate surface area is 80.6 Å². The van der Waals surface area contributed by atoms with Crippen molar-refractivity contribution in [3.63, 3.8) is 0 Å². The SMILES string of the molecule is O=[N+]([O-])c1[c]c([N+](=O)[O-])nc([N+](=O)[O-])c1. The van der Waals surface area contributed by atoms with Crippen LogP contribution in [0.15, 0.2) is 6.07 Å². The third-order valence-electron chi connectivity index (χ3n) is 1.28. The minimum Gasteiger partial charge on any atom is -0.358 e. The van der Waals surface area contributed by atoms with E-state index in [2.05, 4.69) is 4.98 Å². The molecule has 10 heteroatoms. The molecule has 10 nitrogen and oxygen atoms in total. The molecule has 15 heavy (non-hydrogen) atoms. The molecule has 0 amide bonds. The van der Waals surface area contributed by atoms with Crippen LogP contribution < -0.4 is 0 Å². The second-order valence-electron chi connectivity index (χ2n) is 2.22. The minimum absolute atomic E-state index is 0.493. The lowest BCUT2D eigenvalue weighted by Crippen LogP contribution is -2.00. The third kappa shape index (κ3) is 2.18. The Bertz CT molecular complexity index is 378. The van der Waals surface area contributed by atoms with Gasteiger partial charge in [-0.05, 0) is 9.85 Å². The second-order valence-corrected chi connectivity index (χ2v) is 2.22. The van der Waals surface area contributed by atoms with Gasteiger partial charge >= 0.3 is 11.6 Å². The summed E-state index contributed by atoms with van der Waals surface area (Å²) in [6.45, 7) is 0. The van der Waals surface area contributed by atoms with Crippen LogP contribution in [0.25, 0.3) is 0 Å². The van der Waals surface area contributed by atoms with E-state index in [1.165, 1.54) is 0 Å². The Hall–Kier alpha value is -2.65. The second kappa shape index (κ2) is 3.61. The summed E-state index contributed by atoms with van der Waals surface area (Å²) in [5.41, 5.74) is -0.872. The highest BCUT2D eigenvalue weighted by atomic mass is 16.6. The molecule has 0 saturated heterocycles. The monoisotopic (exact) mass is 213 g/mol. The molecule has 77 valence electrons. The van der Waals surface area contributed by atoms with Crippen LogP contribution in [-0.2, 0) is 0 Å². The van der Waals surface area contributed by atoms with Crippen LogP contribution >= 0.6 is 0 Å². The lowest BCUT2D eigenvalue weighted by molar-refractivity contribution is -0.410. The number of pyridine rings is 1. The number of rotatable bonds is 3. The number of nitrogens with zero attached hydrogens (tertiary/aromatic N) is 4. The van der Waals surface area contributed by atoms with Gasteiger partial charge in [0.05, 0.1) is 4.92 Å². The number of nitro groups is 3. The normalized spacial score (nSPS) is 9.60. The van der Waals surface area contributed by atoms with E-state index in [-0.39, 0.29) is 0 Å². The van der Waals surface area contributed by atoms with Gasteiger partial charge in [-0.3, -0.25) is 10.1 Å². The highest BCUT2D eigenvalue weighted by Crippen LogP contribution is 2.21. The van der Waals surface area contributed by atoms with Crippen molar-refractivity contribution in [2.75, 3.05) is 0 Å². The number of hydrogen-bond acceptors (Lipinski definition) is 7. The number of aromatic nitrogens is 1. The fraction of sp³-hybridized carbons (Fsp3) is 0. The summed E-state index contributed by atoms with van der Waals surface area (Å²) >= 11 is 0. The van der Waals surface area contributed by atoms with Gasteiger partial charge in [-0.25, -0.2) is 0 Å². The average molecular weight is 213 g/mol. The molecule has 0 aliphatic heterocycles. The molecule has 1 aromatic heterocycles. The molecule has 0 saturated carbocycles. The molecular formula is C5HN4O6. The summed E-state index contributed by atoms with van der Waals surface area (Å²) in [5.74, 6) is -2.02. The van der Waals surface area contributed by atoms with E-state index in [1.54, 1.807) is 6.07 Å². The zero-order chi connectivity index (χ0) is 11.6. The summed E-state index contributed by atoms with van der Waals surface area (Å²) in [4.78, 5) is 30.5. The van der Waals surface area contributed by atoms with Gasteiger partial charge in [-0.2, -0.15) is 0 Å². The maximum atomic E-state index is 10.3. The van der Waals surface area contributed by atoms with Crippen molar-refractivity contribution in [3.8, 4) is 0 Å². The van der Waals surface area contributed by atoms with E-state index in [4.69, 9.17) is 0 Å². The van der Waals surface area contributed by atoms with Crippen LogP contribution in [0.5, 0.6) is 0 Å². The van der Waals surface area contributed by atoms with E-state index in [9.17, 15) is 30.3 Å². The molecule has 0 unspecified atom stereocenters. The van der Waals surface area contributed by atoms with E-state index in [0.717, 1.165) is 0 Å². The Balaban J connectivity index is 3.39. The predicted molar refractivity (Wildman–Crippen MR) is 43.0 cm³/mol. The van der Waals surface area contributed by atoms with Gasteiger partial charge in [-0.15, -0.1) is 0 Å². The zero-order valence-corrected chi connectivity index (χ0v) is 6.82. The van der Waals surface area contributed by atoms with Crippen LogP contribution in [-0.4, -0.2) is 19.8 Å². The lowest BCUT2D eigenvalue weighted by atomic mass is 10.4. The molecule has 1 radical (unpaired) electrons. The van der Waals surface area contributed by atoms with Crippen LogP contribution in [0.4, 0.5) is 17.3 Å². The molecular weight excluding hydrogens is 212 g/mol. The summed E-state index contributed by atoms with van der Waals surface area (Å²) in [5, 5.41) is 30.7. The van der Waals surface area contributed by atoms with E-state index >= 15 is 0 Å². The zero-order valence-electron chi connectivity index (χ0n) is 6.82. The first-order valence-corrected chi connectivity index (χ1v) is 3.29. The van der Waals surface area contributed by atoms with Crippen molar-refractivity contribution < 1.29 is 14.8 Å². The first-order chi connectivity index (χ1) is 6.91. The van der Waals surface area contributed by atoms with Crippen LogP contribution in [0.1, 0.15) is 0 Å². The van der Waals surface area contributed by atoms with Crippen molar-refractivity contribution in [1.29, 1.82) is 0 Å². The maximum Gasteiger partial charge on any atom is 0.383 e. The van der Waals surface area contributed by atoms with Gasteiger partial charge in [0.2, 0.25) is 0 Å². The molecule has 0 spiro atoms. The van der Waals surface area contributed by atoms with Gasteiger partial charge in [0, 0.05) is 4.98 Å². The van der Waals surface area contributed by atoms with Crippen molar-refractivity contribution in [2.45, 2.75) is 0 Å². The molecule has 0 atom stereocenters. The van der Waals surface area contributed by atoms with Crippen molar-refractivity contribution in [1.82, 2.24) is 4.98 Å². The fourth-order valence-corrected chi connectivity index (χ4v) is 0.720. The predicted octanol–water partition coefficient (Wildman–Crippen LogP) is 0.606. The molecule has 0 aliphatic carbocycles. The Kier molecular flexibility index (Phi) is 2.51. The molecule has 0 aromatic carbocycles. The standard InChI is InChI=1S/C5HN4O6/c10-7(11)3-1-4(8(12)13)6-5(2-3)9(14)15/h1H. The lowest BCUT2D eigenvalue weighted by Gasteiger charge is -1.94. The van der Waals surface area contributed by atoms with Crippen LogP contribution in [0, 0.1) is 36.4 Å². The van der Waals surface area contributed by atoms with Gasteiger partial charge in [0.25, 0.3) is 5.69 Å². The summed E-state index contributed by atoms with van der Waals surface area (Å²) in [6.07, 6.45) is 0. The first-order valence-electron chi connectivity index (χ1n) is 3.29. The van der Waals surface area contributed by atoms with Gasteiger partial charge < -0.3 is 20.2 Å².